The molecule has 2 heterocycles. The first-order valence-electron chi connectivity index (χ1n) is 8.55. The van der Waals surface area contributed by atoms with E-state index in [1.165, 1.54) is 32.1 Å². The summed E-state index contributed by atoms with van der Waals surface area (Å²) in [6.45, 7) is 6.46. The minimum absolute atomic E-state index is 0.412. The molecule has 1 amide bonds. The first-order valence-corrected chi connectivity index (χ1v) is 8.55. The van der Waals surface area contributed by atoms with Crippen molar-refractivity contribution in [2.24, 2.45) is 5.92 Å². The van der Waals surface area contributed by atoms with Crippen LogP contribution in [0, 0.1) is 5.92 Å². The van der Waals surface area contributed by atoms with Crippen molar-refractivity contribution < 1.29 is 4.79 Å². The lowest BCUT2D eigenvalue weighted by atomic mass is 10.0. The van der Waals surface area contributed by atoms with E-state index in [1.807, 2.05) is 0 Å². The normalized spacial score (nSPS) is 29.2. The van der Waals surface area contributed by atoms with E-state index in [1.54, 1.807) is 0 Å². The molecule has 1 N–H and O–H groups in total. The molecule has 1 saturated carbocycles. The first kappa shape index (κ1) is 14.3. The van der Waals surface area contributed by atoms with E-state index < -0.39 is 0 Å². The van der Waals surface area contributed by atoms with E-state index in [9.17, 15) is 4.79 Å². The maximum atomic E-state index is 12.3. The minimum atomic E-state index is 0.412. The second-order valence-corrected chi connectivity index (χ2v) is 6.76. The van der Waals surface area contributed by atoms with E-state index in [4.69, 9.17) is 0 Å². The van der Waals surface area contributed by atoms with E-state index in [0.717, 1.165) is 58.0 Å². The molecular formula is C16H29N3O. The summed E-state index contributed by atoms with van der Waals surface area (Å²) in [5.74, 6) is 1.25. The van der Waals surface area contributed by atoms with E-state index >= 15 is 0 Å². The van der Waals surface area contributed by atoms with Crippen molar-refractivity contribution in [2.75, 3.05) is 39.3 Å². The van der Waals surface area contributed by atoms with Gasteiger partial charge in [0.1, 0.15) is 0 Å². The van der Waals surface area contributed by atoms with Crippen LogP contribution in [0.1, 0.15) is 44.9 Å². The van der Waals surface area contributed by atoms with Gasteiger partial charge in [0.25, 0.3) is 0 Å². The quantitative estimate of drug-likeness (QED) is 0.846. The molecule has 3 aliphatic rings. The van der Waals surface area contributed by atoms with Crippen molar-refractivity contribution in [1.82, 2.24) is 15.1 Å². The third-order valence-electron chi connectivity index (χ3n) is 5.43. The molecule has 0 bridgehead atoms. The molecular weight excluding hydrogens is 250 g/mol. The summed E-state index contributed by atoms with van der Waals surface area (Å²) in [6, 6.07) is 0.618. The van der Waals surface area contributed by atoms with Gasteiger partial charge in [-0.15, -0.1) is 0 Å². The molecule has 0 aromatic rings. The van der Waals surface area contributed by atoms with Crippen molar-refractivity contribution in [1.29, 1.82) is 0 Å². The Labute approximate surface area is 122 Å². The zero-order chi connectivity index (χ0) is 13.8. The summed E-state index contributed by atoms with van der Waals surface area (Å²) in [4.78, 5) is 17.0. The smallest absolute Gasteiger partial charge is 0.222 e. The number of rotatable bonds is 4. The summed E-state index contributed by atoms with van der Waals surface area (Å²) in [6.07, 6.45) is 8.58. The van der Waals surface area contributed by atoms with Crippen LogP contribution in [0.2, 0.25) is 0 Å². The van der Waals surface area contributed by atoms with Gasteiger partial charge in [-0.1, -0.05) is 25.7 Å². The fourth-order valence-electron chi connectivity index (χ4n) is 4.10. The predicted molar refractivity (Wildman–Crippen MR) is 80.6 cm³/mol. The van der Waals surface area contributed by atoms with Gasteiger partial charge < -0.3 is 10.2 Å². The molecule has 114 valence electrons. The Bertz CT molecular complexity index is 322. The number of piperazine rings is 1. The molecule has 0 aromatic carbocycles. The van der Waals surface area contributed by atoms with Crippen LogP contribution in [0.15, 0.2) is 0 Å². The highest BCUT2D eigenvalue weighted by Crippen LogP contribution is 2.29. The molecule has 0 aromatic heterocycles. The predicted octanol–water partition coefficient (Wildman–Crippen LogP) is 1.46. The van der Waals surface area contributed by atoms with Crippen LogP contribution in [0.3, 0.4) is 0 Å². The average Bonchev–Trinajstić information content (AvgIpc) is 3.17. The maximum Gasteiger partial charge on any atom is 0.222 e. The molecule has 4 heteroatoms. The molecule has 20 heavy (non-hydrogen) atoms. The lowest BCUT2D eigenvalue weighted by Crippen LogP contribution is -2.49. The van der Waals surface area contributed by atoms with E-state index in [2.05, 4.69) is 15.1 Å². The third-order valence-corrected chi connectivity index (χ3v) is 5.43. The van der Waals surface area contributed by atoms with Gasteiger partial charge in [-0.2, -0.15) is 0 Å². The van der Waals surface area contributed by atoms with Gasteiger partial charge in [0.05, 0.1) is 0 Å². The molecule has 3 rings (SSSR count). The number of hydrogen-bond acceptors (Lipinski definition) is 3. The highest BCUT2D eigenvalue weighted by Gasteiger charge is 2.30. The van der Waals surface area contributed by atoms with Crippen LogP contribution in [-0.2, 0) is 4.79 Å². The van der Waals surface area contributed by atoms with Crippen molar-refractivity contribution in [3.63, 3.8) is 0 Å². The first-order chi connectivity index (χ1) is 9.83. The number of carbonyl (C=O) groups is 1. The summed E-state index contributed by atoms with van der Waals surface area (Å²) in [5.41, 5.74) is 0. The highest BCUT2D eigenvalue weighted by molar-refractivity contribution is 5.76. The Kier molecular flexibility index (Phi) is 4.94. The van der Waals surface area contributed by atoms with Gasteiger partial charge in [-0.3, -0.25) is 9.69 Å². The Morgan fingerprint density at radius 3 is 2.55 bits per heavy atom. The second kappa shape index (κ2) is 6.90. The van der Waals surface area contributed by atoms with E-state index in [0.29, 0.717) is 11.9 Å². The molecule has 1 aliphatic carbocycles. The van der Waals surface area contributed by atoms with Gasteiger partial charge in [0.2, 0.25) is 5.91 Å². The number of amides is 1. The second-order valence-electron chi connectivity index (χ2n) is 6.76. The Morgan fingerprint density at radius 1 is 1.05 bits per heavy atom. The van der Waals surface area contributed by atoms with Gasteiger partial charge >= 0.3 is 0 Å². The number of likely N-dealkylation sites (tertiary alicyclic amines) is 1. The molecule has 2 saturated heterocycles. The summed E-state index contributed by atoms with van der Waals surface area (Å²) in [7, 11) is 0. The van der Waals surface area contributed by atoms with Gasteiger partial charge in [0, 0.05) is 51.7 Å². The van der Waals surface area contributed by atoms with Crippen LogP contribution in [0.4, 0.5) is 0 Å². The van der Waals surface area contributed by atoms with Crippen LogP contribution in [0.25, 0.3) is 0 Å². The van der Waals surface area contributed by atoms with Crippen LogP contribution in [0.5, 0.6) is 0 Å². The van der Waals surface area contributed by atoms with Crippen molar-refractivity contribution >= 4 is 5.91 Å². The fraction of sp³-hybridized carbons (Fsp3) is 0.938. The molecule has 0 spiro atoms. The van der Waals surface area contributed by atoms with E-state index in [-0.39, 0.29) is 0 Å². The lowest BCUT2D eigenvalue weighted by molar-refractivity contribution is -0.130. The van der Waals surface area contributed by atoms with Gasteiger partial charge in [-0.25, -0.2) is 0 Å². The van der Waals surface area contributed by atoms with Gasteiger partial charge in [-0.05, 0) is 18.8 Å². The molecule has 1 unspecified atom stereocenters. The lowest BCUT2D eigenvalue weighted by Gasteiger charge is -2.32. The average molecular weight is 279 g/mol. The monoisotopic (exact) mass is 279 g/mol. The molecule has 1 atom stereocenters. The summed E-state index contributed by atoms with van der Waals surface area (Å²) >= 11 is 0. The zero-order valence-corrected chi connectivity index (χ0v) is 12.6. The topological polar surface area (TPSA) is 35.6 Å². The van der Waals surface area contributed by atoms with Crippen LogP contribution < -0.4 is 5.32 Å². The van der Waals surface area contributed by atoms with Gasteiger partial charge in [0.15, 0.2) is 0 Å². The van der Waals surface area contributed by atoms with Crippen LogP contribution in [-0.4, -0.2) is 61.0 Å². The summed E-state index contributed by atoms with van der Waals surface area (Å²) in [5, 5.41) is 3.40. The number of nitrogens with zero attached hydrogens (tertiary/aromatic N) is 2. The molecule has 0 radical (unpaired) electrons. The molecule has 3 fully saturated rings. The zero-order valence-electron chi connectivity index (χ0n) is 12.6. The Hall–Kier alpha value is -0.610. The van der Waals surface area contributed by atoms with Crippen molar-refractivity contribution in [3.8, 4) is 0 Å². The standard InChI is InChI=1S/C16H29N3O/c20-16(6-5-14-3-1-2-4-14)19-10-7-15(13-19)18-11-8-17-9-12-18/h14-15,17H,1-13H2. The Balaban J connectivity index is 1.40. The number of hydrogen-bond donors (Lipinski definition) is 1. The SMILES string of the molecule is O=C(CCC1CCCC1)N1CCC(N2CCNCC2)C1. The van der Waals surface area contributed by atoms with Crippen molar-refractivity contribution in [2.45, 2.75) is 51.0 Å². The maximum absolute atomic E-state index is 12.3. The molecule has 2 aliphatic heterocycles. The highest BCUT2D eigenvalue weighted by atomic mass is 16.2. The van der Waals surface area contributed by atoms with Crippen LogP contribution >= 0.6 is 0 Å². The molecule has 4 nitrogen and oxygen atoms in total. The minimum Gasteiger partial charge on any atom is -0.341 e. The third kappa shape index (κ3) is 3.53. The largest absolute Gasteiger partial charge is 0.341 e. The Morgan fingerprint density at radius 2 is 1.80 bits per heavy atom. The van der Waals surface area contributed by atoms with Crippen molar-refractivity contribution in [3.05, 3.63) is 0 Å². The fourth-order valence-corrected chi connectivity index (χ4v) is 4.10. The summed E-state index contributed by atoms with van der Waals surface area (Å²) < 4.78 is 0. The number of carbonyl (C=O) groups excluding carboxylic acids is 1. The number of nitrogens with one attached hydrogen (secondary N) is 1.